The largest absolute Gasteiger partial charge is 0.481 e. The third kappa shape index (κ3) is 8.18. The van der Waals surface area contributed by atoms with Crippen LogP contribution in [0.3, 0.4) is 0 Å². The fraction of sp³-hybridized carbons (Fsp3) is 0.619. The number of aliphatic carboxylic acids is 1. The average molecular weight is 346 g/mol. The number of hydrogen-bond donors (Lipinski definition) is 2. The second-order valence-electron chi connectivity index (χ2n) is 6.75. The van der Waals surface area contributed by atoms with Crippen molar-refractivity contribution in [2.45, 2.75) is 64.9 Å². The van der Waals surface area contributed by atoms with Crippen LogP contribution in [0.5, 0.6) is 0 Å². The number of carbonyl (C=O) groups excluding carboxylic acids is 1. The van der Waals surface area contributed by atoms with Crippen LogP contribution >= 0.6 is 0 Å². The van der Waals surface area contributed by atoms with Crippen LogP contribution in [0.1, 0.15) is 58.8 Å². The zero-order valence-electron chi connectivity index (χ0n) is 15.3. The second kappa shape index (κ2) is 11.7. The van der Waals surface area contributed by atoms with Crippen molar-refractivity contribution < 1.29 is 19.8 Å². The van der Waals surface area contributed by atoms with Gasteiger partial charge < -0.3 is 10.2 Å². The predicted molar refractivity (Wildman–Crippen MR) is 98.8 cm³/mol. The summed E-state index contributed by atoms with van der Waals surface area (Å²) in [6.07, 6.45) is 11.5. The molecule has 4 nitrogen and oxygen atoms in total. The molecular weight excluding hydrogens is 316 g/mol. The summed E-state index contributed by atoms with van der Waals surface area (Å²) in [5.41, 5.74) is 0. The molecule has 0 heterocycles. The molecule has 0 aliphatic heterocycles. The third-order valence-corrected chi connectivity index (χ3v) is 4.71. The topological polar surface area (TPSA) is 74.6 Å². The normalized spacial score (nSPS) is 22.9. The van der Waals surface area contributed by atoms with Gasteiger partial charge in [-0.1, -0.05) is 31.2 Å². The standard InChI is InChI=1S/C21H30O4/c1-3-4-9-16(2)19(22)14-12-17-13-15-20(23)18(17)10-7-5-6-8-11-21(24)25/h5,7,12,14,16-19,22H,6,8-11,13,15H2,1-2H3,(H,24,25)/b7-5-,14-12+/t16?,17-,18+,19+/m0/s1. The lowest BCUT2D eigenvalue weighted by molar-refractivity contribution is -0.137. The molecule has 1 saturated carbocycles. The first-order valence-electron chi connectivity index (χ1n) is 9.11. The highest BCUT2D eigenvalue weighted by molar-refractivity contribution is 5.83. The number of carboxylic acid groups (broad SMARTS) is 1. The van der Waals surface area contributed by atoms with E-state index in [-0.39, 0.29) is 30.0 Å². The highest BCUT2D eigenvalue weighted by Crippen LogP contribution is 2.33. The highest BCUT2D eigenvalue weighted by atomic mass is 16.4. The first kappa shape index (κ1) is 21.2. The number of unbranched alkanes of at least 4 members (excludes halogenated alkanes) is 1. The van der Waals surface area contributed by atoms with Crippen molar-refractivity contribution >= 4 is 11.8 Å². The van der Waals surface area contributed by atoms with Crippen LogP contribution in [-0.4, -0.2) is 28.1 Å². The van der Waals surface area contributed by atoms with E-state index in [1.54, 1.807) is 6.92 Å². The molecule has 4 heteroatoms. The van der Waals surface area contributed by atoms with Gasteiger partial charge in [0, 0.05) is 25.2 Å². The lowest BCUT2D eigenvalue weighted by Gasteiger charge is -2.16. The number of Topliss-reactive ketones (excluding diaryl/α,β-unsaturated/α-hetero) is 1. The lowest BCUT2D eigenvalue weighted by atomic mass is 9.90. The molecule has 0 radical (unpaired) electrons. The smallest absolute Gasteiger partial charge is 0.303 e. The maximum atomic E-state index is 12.1. The SMILES string of the molecule is CC#CCC(C)[C@H](O)/C=C/[C@H]1CCC(=O)[C@@H]1C/C=C\CCCC(=O)O. The Bertz CT molecular complexity index is 550. The number of carbonyl (C=O) groups is 2. The molecule has 2 N–H and O–H groups in total. The van der Waals surface area contributed by atoms with E-state index in [4.69, 9.17) is 5.11 Å². The molecule has 4 atom stereocenters. The van der Waals surface area contributed by atoms with Gasteiger partial charge in [0.2, 0.25) is 0 Å². The fourth-order valence-electron chi connectivity index (χ4n) is 3.03. The predicted octanol–water partition coefficient (Wildman–Crippen LogP) is 3.75. The molecule has 0 aromatic carbocycles. The van der Waals surface area contributed by atoms with E-state index >= 15 is 0 Å². The van der Waals surface area contributed by atoms with Crippen molar-refractivity contribution in [3.05, 3.63) is 24.3 Å². The number of allylic oxidation sites excluding steroid dienone is 3. The number of aliphatic hydroxyl groups excluding tert-OH is 1. The molecule has 0 aromatic rings. The Morgan fingerprint density at radius 2 is 2.16 bits per heavy atom. The van der Waals surface area contributed by atoms with Crippen LogP contribution in [-0.2, 0) is 9.59 Å². The van der Waals surface area contributed by atoms with Gasteiger partial charge in [-0.05, 0) is 44.4 Å². The van der Waals surface area contributed by atoms with Crippen LogP contribution in [0.2, 0.25) is 0 Å². The first-order valence-corrected chi connectivity index (χ1v) is 9.11. The Balaban J connectivity index is 2.48. The number of aliphatic hydroxyl groups is 1. The quantitative estimate of drug-likeness (QED) is 0.359. The minimum Gasteiger partial charge on any atom is -0.481 e. The second-order valence-corrected chi connectivity index (χ2v) is 6.75. The third-order valence-electron chi connectivity index (χ3n) is 4.71. The molecule has 0 aromatic heterocycles. The van der Waals surface area contributed by atoms with Gasteiger partial charge in [-0.25, -0.2) is 0 Å². The summed E-state index contributed by atoms with van der Waals surface area (Å²) in [5.74, 6) is 5.55. The zero-order valence-corrected chi connectivity index (χ0v) is 15.3. The van der Waals surface area contributed by atoms with E-state index in [9.17, 15) is 14.7 Å². The maximum absolute atomic E-state index is 12.1. The summed E-state index contributed by atoms with van der Waals surface area (Å²) in [6, 6.07) is 0. The Kier molecular flexibility index (Phi) is 9.87. The van der Waals surface area contributed by atoms with Gasteiger partial charge in [-0.15, -0.1) is 11.8 Å². The maximum Gasteiger partial charge on any atom is 0.303 e. The number of rotatable bonds is 10. The molecule has 0 amide bonds. The molecule has 25 heavy (non-hydrogen) atoms. The molecule has 0 spiro atoms. The van der Waals surface area contributed by atoms with E-state index in [2.05, 4.69) is 11.8 Å². The van der Waals surface area contributed by atoms with Gasteiger partial charge in [-0.3, -0.25) is 9.59 Å². The Labute approximate surface area is 151 Å². The summed E-state index contributed by atoms with van der Waals surface area (Å²) in [6.45, 7) is 3.76. The summed E-state index contributed by atoms with van der Waals surface area (Å²) in [4.78, 5) is 22.5. The molecule has 1 aliphatic rings. The van der Waals surface area contributed by atoms with Crippen LogP contribution in [0, 0.1) is 29.6 Å². The fourth-order valence-corrected chi connectivity index (χ4v) is 3.03. The van der Waals surface area contributed by atoms with Crippen LogP contribution in [0.15, 0.2) is 24.3 Å². The van der Waals surface area contributed by atoms with Crippen molar-refractivity contribution in [2.75, 3.05) is 0 Å². The number of hydrogen-bond acceptors (Lipinski definition) is 3. The van der Waals surface area contributed by atoms with Crippen LogP contribution in [0.25, 0.3) is 0 Å². The summed E-state index contributed by atoms with van der Waals surface area (Å²) in [5, 5.41) is 18.8. The van der Waals surface area contributed by atoms with Crippen molar-refractivity contribution in [1.29, 1.82) is 0 Å². The van der Waals surface area contributed by atoms with Crippen molar-refractivity contribution in [1.82, 2.24) is 0 Å². The molecule has 138 valence electrons. The number of carboxylic acids is 1. The van der Waals surface area contributed by atoms with E-state index < -0.39 is 12.1 Å². The van der Waals surface area contributed by atoms with Gasteiger partial charge in [-0.2, -0.15) is 0 Å². The summed E-state index contributed by atoms with van der Waals surface area (Å²) < 4.78 is 0. The highest BCUT2D eigenvalue weighted by Gasteiger charge is 2.31. The van der Waals surface area contributed by atoms with Crippen molar-refractivity contribution in [3.63, 3.8) is 0 Å². The summed E-state index contributed by atoms with van der Waals surface area (Å²) >= 11 is 0. The van der Waals surface area contributed by atoms with Gasteiger partial charge >= 0.3 is 5.97 Å². The van der Waals surface area contributed by atoms with E-state index in [1.165, 1.54) is 0 Å². The minimum absolute atomic E-state index is 0.0232. The van der Waals surface area contributed by atoms with Crippen molar-refractivity contribution in [2.24, 2.45) is 17.8 Å². The first-order chi connectivity index (χ1) is 12.0. The molecule has 1 rings (SSSR count). The molecule has 0 saturated heterocycles. The van der Waals surface area contributed by atoms with Gasteiger partial charge in [0.15, 0.2) is 0 Å². The van der Waals surface area contributed by atoms with Gasteiger partial charge in [0.1, 0.15) is 5.78 Å². The van der Waals surface area contributed by atoms with Crippen LogP contribution in [0.4, 0.5) is 0 Å². The van der Waals surface area contributed by atoms with Gasteiger partial charge in [0.05, 0.1) is 6.10 Å². The summed E-state index contributed by atoms with van der Waals surface area (Å²) in [7, 11) is 0. The van der Waals surface area contributed by atoms with Gasteiger partial charge in [0.25, 0.3) is 0 Å². The van der Waals surface area contributed by atoms with Crippen LogP contribution < -0.4 is 0 Å². The Morgan fingerprint density at radius 3 is 2.84 bits per heavy atom. The van der Waals surface area contributed by atoms with E-state index in [0.29, 0.717) is 25.7 Å². The molecule has 1 aliphatic carbocycles. The molecule has 1 fully saturated rings. The molecule has 0 bridgehead atoms. The average Bonchev–Trinajstić information content (AvgIpc) is 2.93. The Hall–Kier alpha value is -1.86. The zero-order chi connectivity index (χ0) is 18.7. The van der Waals surface area contributed by atoms with E-state index in [0.717, 1.165) is 12.8 Å². The lowest BCUT2D eigenvalue weighted by Crippen LogP contribution is -2.16. The molecule has 1 unspecified atom stereocenters. The molecular formula is C21H30O4. The van der Waals surface area contributed by atoms with E-state index in [1.807, 2.05) is 31.2 Å². The Morgan fingerprint density at radius 1 is 1.40 bits per heavy atom. The number of ketones is 1. The van der Waals surface area contributed by atoms with Crippen molar-refractivity contribution in [3.8, 4) is 11.8 Å². The minimum atomic E-state index is -0.776. The monoisotopic (exact) mass is 346 g/mol.